The van der Waals surface area contributed by atoms with Gasteiger partial charge >= 0.3 is 0 Å². The highest BCUT2D eigenvalue weighted by Gasteiger charge is 2.21. The van der Waals surface area contributed by atoms with Crippen LogP contribution in [0.3, 0.4) is 0 Å². The maximum Gasteiger partial charge on any atom is 0.177 e. The fourth-order valence-electron chi connectivity index (χ4n) is 1.28. The Hall–Kier alpha value is -1.51. The number of carbonyl (C=O) groups is 2. The van der Waals surface area contributed by atoms with Gasteiger partial charge in [-0.05, 0) is 12.2 Å². The Bertz CT molecular complexity index is 348. The van der Waals surface area contributed by atoms with Gasteiger partial charge in [-0.2, -0.15) is 0 Å². The van der Waals surface area contributed by atoms with Gasteiger partial charge in [0.15, 0.2) is 11.6 Å². The summed E-state index contributed by atoms with van der Waals surface area (Å²) in [4.78, 5) is 26.1. The van der Waals surface area contributed by atoms with E-state index in [4.69, 9.17) is 0 Å². The molecule has 0 atom stereocenters. The maximum absolute atomic E-state index is 11.2. The summed E-state index contributed by atoms with van der Waals surface area (Å²) in [5.74, 6) is -0.0956. The van der Waals surface area contributed by atoms with E-state index in [1.165, 1.54) is 6.08 Å². The average molecular weight is 161 g/mol. The molecule has 0 fully saturated rings. The van der Waals surface area contributed by atoms with Gasteiger partial charge in [-0.15, -0.1) is 0 Å². The van der Waals surface area contributed by atoms with Gasteiger partial charge in [0.2, 0.25) is 0 Å². The summed E-state index contributed by atoms with van der Waals surface area (Å²) in [6, 6.07) is 0. The molecule has 2 rings (SSSR count). The monoisotopic (exact) mass is 161 g/mol. The molecule has 1 heterocycles. The molecule has 0 saturated carbocycles. The second kappa shape index (κ2) is 2.52. The van der Waals surface area contributed by atoms with Gasteiger partial charge in [0.1, 0.15) is 6.54 Å². The lowest BCUT2D eigenvalue weighted by molar-refractivity contribution is -0.116. The Labute approximate surface area is 69.5 Å². The van der Waals surface area contributed by atoms with Gasteiger partial charge in [-0.25, -0.2) is 0 Å². The topological polar surface area (TPSA) is 46.5 Å². The standard InChI is InChI=1S/C9H7NO2/c11-6-4-7-8(10-5-6)2-1-3-9(7)12/h1-2,4H,3,5H2. The third-order valence-corrected chi connectivity index (χ3v) is 1.87. The summed E-state index contributed by atoms with van der Waals surface area (Å²) in [7, 11) is 0. The first kappa shape index (κ1) is 7.16. The smallest absolute Gasteiger partial charge is 0.177 e. The largest absolute Gasteiger partial charge is 0.294 e. The Kier molecular flexibility index (Phi) is 1.50. The van der Waals surface area contributed by atoms with E-state index in [1.807, 2.05) is 0 Å². The van der Waals surface area contributed by atoms with Crippen LogP contribution in [0.5, 0.6) is 0 Å². The van der Waals surface area contributed by atoms with Crippen molar-refractivity contribution in [2.75, 3.05) is 6.54 Å². The lowest BCUT2D eigenvalue weighted by Crippen LogP contribution is -2.21. The number of hydrogen-bond acceptors (Lipinski definition) is 3. The molecule has 3 nitrogen and oxygen atoms in total. The lowest BCUT2D eigenvalue weighted by atomic mass is 9.94. The normalized spacial score (nSPS) is 21.7. The van der Waals surface area contributed by atoms with E-state index in [9.17, 15) is 9.59 Å². The molecule has 0 amide bonds. The quantitative estimate of drug-likeness (QED) is 0.518. The SMILES string of the molecule is O=C1C=C2C(=O)CC=CC2=NC1. The molecule has 2 aliphatic rings. The van der Waals surface area contributed by atoms with Crippen molar-refractivity contribution in [2.45, 2.75) is 6.42 Å². The van der Waals surface area contributed by atoms with Crippen LogP contribution in [0.2, 0.25) is 0 Å². The van der Waals surface area contributed by atoms with Crippen molar-refractivity contribution >= 4 is 17.3 Å². The Morgan fingerprint density at radius 1 is 1.33 bits per heavy atom. The van der Waals surface area contributed by atoms with Gasteiger partial charge in [0.25, 0.3) is 0 Å². The predicted octanol–water partition coefficient (Wildman–Crippen LogP) is 0.465. The number of allylic oxidation sites excluding steroid dienone is 3. The number of rotatable bonds is 0. The summed E-state index contributed by atoms with van der Waals surface area (Å²) in [6.45, 7) is 0.177. The minimum absolute atomic E-state index is 0.00991. The highest BCUT2D eigenvalue weighted by molar-refractivity contribution is 6.32. The molecule has 0 bridgehead atoms. The maximum atomic E-state index is 11.2. The van der Waals surface area contributed by atoms with E-state index < -0.39 is 0 Å². The summed E-state index contributed by atoms with van der Waals surface area (Å²) < 4.78 is 0. The molecular formula is C9H7NO2. The van der Waals surface area contributed by atoms with Crippen LogP contribution in [0.1, 0.15) is 6.42 Å². The summed E-state index contributed by atoms with van der Waals surface area (Å²) in [5, 5.41) is 0. The third-order valence-electron chi connectivity index (χ3n) is 1.87. The van der Waals surface area contributed by atoms with Crippen LogP contribution in [0, 0.1) is 0 Å². The van der Waals surface area contributed by atoms with Crippen LogP contribution in [0.4, 0.5) is 0 Å². The third kappa shape index (κ3) is 1.03. The molecule has 0 saturated heterocycles. The van der Waals surface area contributed by atoms with Crippen LogP contribution < -0.4 is 0 Å². The van der Waals surface area contributed by atoms with Gasteiger partial charge in [0.05, 0.1) is 5.71 Å². The van der Waals surface area contributed by atoms with Crippen molar-refractivity contribution in [1.29, 1.82) is 0 Å². The lowest BCUT2D eigenvalue weighted by Gasteiger charge is -2.13. The van der Waals surface area contributed by atoms with E-state index in [0.29, 0.717) is 17.7 Å². The van der Waals surface area contributed by atoms with E-state index in [-0.39, 0.29) is 18.1 Å². The molecule has 0 aromatic heterocycles. The molecule has 12 heavy (non-hydrogen) atoms. The molecule has 0 spiro atoms. The highest BCUT2D eigenvalue weighted by Crippen LogP contribution is 2.14. The molecule has 1 aliphatic carbocycles. The molecule has 0 radical (unpaired) electrons. The van der Waals surface area contributed by atoms with E-state index >= 15 is 0 Å². The van der Waals surface area contributed by atoms with Gasteiger partial charge in [-0.1, -0.05) is 6.08 Å². The van der Waals surface area contributed by atoms with Gasteiger partial charge < -0.3 is 0 Å². The van der Waals surface area contributed by atoms with Crippen molar-refractivity contribution in [1.82, 2.24) is 0 Å². The Morgan fingerprint density at radius 2 is 2.17 bits per heavy atom. The number of carbonyl (C=O) groups excluding carboxylic acids is 2. The number of ketones is 2. The van der Waals surface area contributed by atoms with Crippen LogP contribution in [0.25, 0.3) is 0 Å². The van der Waals surface area contributed by atoms with Crippen LogP contribution in [-0.4, -0.2) is 23.8 Å². The molecule has 0 N–H and O–H groups in total. The number of dihydropyridines is 1. The first-order valence-corrected chi connectivity index (χ1v) is 3.76. The molecule has 1 aliphatic heterocycles. The van der Waals surface area contributed by atoms with E-state index in [2.05, 4.69) is 4.99 Å². The van der Waals surface area contributed by atoms with Crippen LogP contribution in [0.15, 0.2) is 28.8 Å². The molecule has 0 aromatic rings. The van der Waals surface area contributed by atoms with Crippen LogP contribution >= 0.6 is 0 Å². The summed E-state index contributed by atoms with van der Waals surface area (Å²) in [5.41, 5.74) is 1.14. The Morgan fingerprint density at radius 3 is 3.00 bits per heavy atom. The zero-order valence-corrected chi connectivity index (χ0v) is 6.41. The zero-order valence-electron chi connectivity index (χ0n) is 6.41. The minimum atomic E-state index is -0.0857. The number of aliphatic imine (C=N–C) groups is 1. The van der Waals surface area contributed by atoms with Gasteiger partial charge in [0, 0.05) is 12.0 Å². The van der Waals surface area contributed by atoms with Crippen molar-refractivity contribution < 1.29 is 9.59 Å². The Balaban J connectivity index is 2.48. The molecular weight excluding hydrogens is 154 g/mol. The van der Waals surface area contributed by atoms with Crippen molar-refractivity contribution in [3.8, 4) is 0 Å². The summed E-state index contributed by atoms with van der Waals surface area (Å²) >= 11 is 0. The van der Waals surface area contributed by atoms with Crippen molar-refractivity contribution in [2.24, 2.45) is 4.99 Å². The molecule has 0 aromatic carbocycles. The number of fused-ring (bicyclic) bond motifs is 1. The molecule has 0 unspecified atom stereocenters. The molecule has 3 heteroatoms. The number of hydrogen-bond donors (Lipinski definition) is 0. The van der Waals surface area contributed by atoms with E-state index in [1.54, 1.807) is 12.2 Å². The fraction of sp³-hybridized carbons (Fsp3) is 0.222. The first-order valence-electron chi connectivity index (χ1n) is 3.76. The fourth-order valence-corrected chi connectivity index (χ4v) is 1.28. The highest BCUT2D eigenvalue weighted by atomic mass is 16.1. The minimum Gasteiger partial charge on any atom is -0.294 e. The number of Topliss-reactive ketones (excluding diaryl/α,β-unsaturated/α-hetero) is 1. The van der Waals surface area contributed by atoms with Crippen molar-refractivity contribution in [3.63, 3.8) is 0 Å². The predicted molar refractivity (Wildman–Crippen MR) is 44.2 cm³/mol. The second-order valence-electron chi connectivity index (χ2n) is 2.76. The summed E-state index contributed by atoms with van der Waals surface area (Å²) in [6.07, 6.45) is 5.35. The first-order chi connectivity index (χ1) is 5.77. The average Bonchev–Trinajstić information content (AvgIpc) is 2.07. The second-order valence-corrected chi connectivity index (χ2v) is 2.76. The van der Waals surface area contributed by atoms with Crippen LogP contribution in [-0.2, 0) is 9.59 Å². The van der Waals surface area contributed by atoms with E-state index in [0.717, 1.165) is 0 Å². The zero-order chi connectivity index (χ0) is 8.55. The number of nitrogens with zero attached hydrogens (tertiary/aromatic N) is 1. The molecule has 60 valence electrons. The van der Waals surface area contributed by atoms with Crippen molar-refractivity contribution in [3.05, 3.63) is 23.8 Å². The van der Waals surface area contributed by atoms with Gasteiger partial charge in [-0.3, -0.25) is 14.6 Å².